The predicted octanol–water partition coefficient (Wildman–Crippen LogP) is 4.91. The Hall–Kier alpha value is -4.72. The van der Waals surface area contributed by atoms with Crippen LogP contribution in [0.1, 0.15) is 5.76 Å². The van der Waals surface area contributed by atoms with Crippen LogP contribution < -0.4 is 19.7 Å². The highest BCUT2D eigenvalue weighted by Gasteiger charge is 2.33. The van der Waals surface area contributed by atoms with E-state index in [2.05, 4.69) is 15.0 Å². The van der Waals surface area contributed by atoms with E-state index in [1.54, 1.807) is 12.1 Å². The third-order valence-electron chi connectivity index (χ3n) is 4.97. The SMILES string of the molecule is COc1ccc([N+](=O)[O-])cc1NC(=O)CSC1=N/C(=C\c2ccco2)C(=O)N1c1ccc(OC(F)F)cc1. The average molecular weight is 544 g/mol. The Bertz CT molecular complexity index is 1410. The number of halogens is 2. The van der Waals surface area contributed by atoms with E-state index in [0.717, 1.165) is 17.8 Å². The molecule has 38 heavy (non-hydrogen) atoms. The summed E-state index contributed by atoms with van der Waals surface area (Å²) >= 11 is 0.919. The van der Waals surface area contributed by atoms with Crippen molar-refractivity contribution in [2.75, 3.05) is 23.1 Å². The number of hydrogen-bond donors (Lipinski definition) is 1. The molecule has 0 bridgehead atoms. The Morgan fingerprint density at radius 1 is 1.26 bits per heavy atom. The number of ether oxygens (including phenoxy) is 2. The van der Waals surface area contributed by atoms with Crippen LogP contribution in [0.15, 0.2) is 76.0 Å². The monoisotopic (exact) mass is 544 g/mol. The van der Waals surface area contributed by atoms with Crippen LogP contribution in [0, 0.1) is 10.1 Å². The molecule has 0 radical (unpaired) electrons. The number of carbonyl (C=O) groups excluding carboxylic acids is 2. The third-order valence-corrected chi connectivity index (χ3v) is 5.91. The number of aliphatic imine (C=N–C) groups is 1. The minimum atomic E-state index is -3.01. The normalized spacial score (nSPS) is 14.1. The minimum absolute atomic E-state index is 0.0242. The quantitative estimate of drug-likeness (QED) is 0.228. The van der Waals surface area contributed by atoms with Gasteiger partial charge in [0.15, 0.2) is 5.17 Å². The summed E-state index contributed by atoms with van der Waals surface area (Å²) < 4.78 is 39.8. The highest BCUT2D eigenvalue weighted by atomic mass is 32.2. The first kappa shape index (κ1) is 26.3. The zero-order valence-corrected chi connectivity index (χ0v) is 20.3. The van der Waals surface area contributed by atoms with Crippen LogP contribution in [-0.2, 0) is 9.59 Å². The molecular weight excluding hydrogens is 526 g/mol. The summed E-state index contributed by atoms with van der Waals surface area (Å²) in [6, 6.07) is 12.4. The number of amides is 2. The van der Waals surface area contributed by atoms with Gasteiger partial charge in [0.05, 0.1) is 35.4 Å². The molecule has 2 amide bonds. The van der Waals surface area contributed by atoms with Crippen molar-refractivity contribution in [3.63, 3.8) is 0 Å². The van der Waals surface area contributed by atoms with Crippen LogP contribution in [0.4, 0.5) is 25.8 Å². The van der Waals surface area contributed by atoms with Crippen LogP contribution in [0.3, 0.4) is 0 Å². The highest BCUT2D eigenvalue weighted by molar-refractivity contribution is 8.14. The summed E-state index contributed by atoms with van der Waals surface area (Å²) in [7, 11) is 1.35. The van der Waals surface area contributed by atoms with Crippen molar-refractivity contribution < 1.29 is 37.2 Å². The molecule has 0 atom stereocenters. The zero-order valence-electron chi connectivity index (χ0n) is 19.5. The zero-order chi connectivity index (χ0) is 27.2. The first-order valence-corrected chi connectivity index (χ1v) is 11.7. The molecule has 1 N–H and O–H groups in total. The molecule has 11 nitrogen and oxygen atoms in total. The molecule has 196 valence electrons. The van der Waals surface area contributed by atoms with Gasteiger partial charge in [-0.05, 0) is 42.5 Å². The van der Waals surface area contributed by atoms with Crippen LogP contribution in [-0.4, -0.2) is 41.4 Å². The second-order valence-electron chi connectivity index (χ2n) is 7.43. The number of amidine groups is 1. The number of anilines is 2. The summed E-state index contributed by atoms with van der Waals surface area (Å²) in [5.41, 5.74) is 0.182. The van der Waals surface area contributed by atoms with Gasteiger partial charge in [0, 0.05) is 18.2 Å². The lowest BCUT2D eigenvalue weighted by molar-refractivity contribution is -0.384. The molecule has 0 fully saturated rings. The number of non-ortho nitro benzene ring substituents is 1. The number of alkyl halides is 2. The Kier molecular flexibility index (Phi) is 8.01. The molecule has 14 heteroatoms. The van der Waals surface area contributed by atoms with E-state index in [1.807, 2.05) is 0 Å². The molecular formula is C24H18F2N4O7S. The van der Waals surface area contributed by atoms with E-state index in [1.165, 1.54) is 60.7 Å². The number of hydrogen-bond acceptors (Lipinski definition) is 9. The van der Waals surface area contributed by atoms with Crippen LogP contribution >= 0.6 is 11.8 Å². The molecule has 2 heterocycles. The molecule has 0 saturated carbocycles. The minimum Gasteiger partial charge on any atom is -0.495 e. The van der Waals surface area contributed by atoms with E-state index >= 15 is 0 Å². The predicted molar refractivity (Wildman–Crippen MR) is 135 cm³/mol. The molecule has 0 spiro atoms. The maximum Gasteiger partial charge on any atom is 0.387 e. The second kappa shape index (κ2) is 11.6. The largest absolute Gasteiger partial charge is 0.495 e. The lowest BCUT2D eigenvalue weighted by atomic mass is 10.2. The molecule has 1 aliphatic heterocycles. The van der Waals surface area contributed by atoms with Gasteiger partial charge in [-0.2, -0.15) is 8.78 Å². The van der Waals surface area contributed by atoms with Gasteiger partial charge in [-0.15, -0.1) is 0 Å². The smallest absolute Gasteiger partial charge is 0.387 e. The van der Waals surface area contributed by atoms with Crippen LogP contribution in [0.25, 0.3) is 6.08 Å². The molecule has 1 aliphatic rings. The maximum absolute atomic E-state index is 13.2. The van der Waals surface area contributed by atoms with E-state index in [4.69, 9.17) is 9.15 Å². The van der Waals surface area contributed by atoms with Gasteiger partial charge in [-0.3, -0.25) is 24.6 Å². The number of nitro groups is 1. The van der Waals surface area contributed by atoms with Crippen molar-refractivity contribution in [1.29, 1.82) is 0 Å². The average Bonchev–Trinajstić information content (AvgIpc) is 3.51. The molecule has 0 unspecified atom stereocenters. The summed E-state index contributed by atoms with van der Waals surface area (Å²) in [6.45, 7) is -3.01. The standard InChI is InChI=1S/C24H18F2N4O7S/c1-35-20-9-6-15(30(33)34)11-18(20)27-21(31)13-38-24-28-19(12-17-3-2-10-36-17)22(32)29(24)14-4-7-16(8-5-14)37-23(25)26/h2-12,23H,13H2,1H3,(H,27,31)/b19-12-. The highest BCUT2D eigenvalue weighted by Crippen LogP contribution is 2.32. The van der Waals surface area contributed by atoms with Gasteiger partial charge in [-0.1, -0.05) is 11.8 Å². The molecule has 4 rings (SSSR count). The lowest BCUT2D eigenvalue weighted by Crippen LogP contribution is -2.31. The van der Waals surface area contributed by atoms with Gasteiger partial charge < -0.3 is 19.2 Å². The lowest BCUT2D eigenvalue weighted by Gasteiger charge is -2.18. The molecule has 1 aromatic heterocycles. The Labute approximate surface area is 217 Å². The summed E-state index contributed by atoms with van der Waals surface area (Å²) in [6.07, 6.45) is 2.85. The van der Waals surface area contributed by atoms with E-state index in [0.29, 0.717) is 11.4 Å². The fourth-order valence-corrected chi connectivity index (χ4v) is 4.14. The number of thioether (sulfide) groups is 1. The van der Waals surface area contributed by atoms with E-state index in [-0.39, 0.29) is 39.5 Å². The van der Waals surface area contributed by atoms with Gasteiger partial charge in [0.25, 0.3) is 11.6 Å². The fourth-order valence-electron chi connectivity index (χ4n) is 3.33. The number of rotatable bonds is 9. The number of methoxy groups -OCH3 is 1. The number of nitro benzene ring substituents is 1. The number of nitrogens with one attached hydrogen (secondary N) is 1. The van der Waals surface area contributed by atoms with E-state index < -0.39 is 23.3 Å². The molecule has 3 aromatic rings. The fraction of sp³-hybridized carbons (Fsp3) is 0.125. The maximum atomic E-state index is 13.2. The number of furan rings is 1. The van der Waals surface area contributed by atoms with Gasteiger partial charge in [-0.25, -0.2) is 4.99 Å². The van der Waals surface area contributed by atoms with Crippen LogP contribution in [0.5, 0.6) is 11.5 Å². The van der Waals surface area contributed by atoms with Gasteiger partial charge in [0.2, 0.25) is 5.91 Å². The van der Waals surface area contributed by atoms with Crippen molar-refractivity contribution in [2.24, 2.45) is 4.99 Å². The first-order chi connectivity index (χ1) is 18.2. The Morgan fingerprint density at radius 3 is 2.66 bits per heavy atom. The number of carbonyl (C=O) groups is 2. The third kappa shape index (κ3) is 6.15. The summed E-state index contributed by atoms with van der Waals surface area (Å²) in [4.78, 5) is 41.9. The van der Waals surface area contributed by atoms with Gasteiger partial charge in [0.1, 0.15) is 23.0 Å². The van der Waals surface area contributed by atoms with Gasteiger partial charge >= 0.3 is 6.61 Å². The van der Waals surface area contributed by atoms with Crippen molar-refractivity contribution in [2.45, 2.75) is 6.61 Å². The van der Waals surface area contributed by atoms with Crippen molar-refractivity contribution in [1.82, 2.24) is 0 Å². The Morgan fingerprint density at radius 2 is 2.03 bits per heavy atom. The first-order valence-electron chi connectivity index (χ1n) is 10.7. The van der Waals surface area contributed by atoms with E-state index in [9.17, 15) is 28.5 Å². The van der Waals surface area contributed by atoms with Crippen LogP contribution in [0.2, 0.25) is 0 Å². The Balaban J connectivity index is 1.55. The number of nitrogens with zero attached hydrogens (tertiary/aromatic N) is 3. The van der Waals surface area contributed by atoms with Crippen molar-refractivity contribution in [3.8, 4) is 11.5 Å². The molecule has 0 aliphatic carbocycles. The summed E-state index contributed by atoms with van der Waals surface area (Å²) in [5.74, 6) is -0.814. The summed E-state index contributed by atoms with van der Waals surface area (Å²) in [5, 5.41) is 13.8. The molecule has 2 aromatic carbocycles. The van der Waals surface area contributed by atoms with Crippen molar-refractivity contribution >= 4 is 51.9 Å². The topological polar surface area (TPSA) is 137 Å². The van der Waals surface area contributed by atoms with Crippen molar-refractivity contribution in [3.05, 3.63) is 82.4 Å². The number of benzene rings is 2. The second-order valence-corrected chi connectivity index (χ2v) is 8.37. The molecule has 0 saturated heterocycles.